The lowest BCUT2D eigenvalue weighted by atomic mass is 10.3. The van der Waals surface area contributed by atoms with Gasteiger partial charge >= 0.3 is 11.9 Å². The molecular formula is C21H17ClO5. The van der Waals surface area contributed by atoms with Gasteiger partial charge in [0.15, 0.2) is 0 Å². The number of methoxy groups -OCH3 is 1. The van der Waals surface area contributed by atoms with Gasteiger partial charge in [-0.15, -0.1) is 0 Å². The average Bonchev–Trinajstić information content (AvgIpc) is 2.70. The standard InChI is InChI=1S/C21H17ClO5/c1-24-21(26-18-10-6-3-7-11-18,27-19-14-12-16(22)13-15-19)20(23)25-17-8-4-2-5-9-17/h2-15H,1H3. The highest BCUT2D eigenvalue weighted by Gasteiger charge is 2.48. The summed E-state index contributed by atoms with van der Waals surface area (Å²) in [6.45, 7) is 0. The van der Waals surface area contributed by atoms with Crippen molar-refractivity contribution in [2.24, 2.45) is 0 Å². The van der Waals surface area contributed by atoms with E-state index >= 15 is 0 Å². The van der Waals surface area contributed by atoms with Gasteiger partial charge in [0.05, 0.1) is 0 Å². The number of hydrogen-bond donors (Lipinski definition) is 0. The highest BCUT2D eigenvalue weighted by atomic mass is 35.5. The zero-order valence-corrected chi connectivity index (χ0v) is 15.3. The Hall–Kier alpha value is -3.02. The molecule has 6 heteroatoms. The van der Waals surface area contributed by atoms with E-state index in [4.69, 9.17) is 30.5 Å². The minimum absolute atomic E-state index is 0.321. The number of para-hydroxylation sites is 2. The van der Waals surface area contributed by atoms with Crippen LogP contribution in [0.25, 0.3) is 0 Å². The molecule has 0 bridgehead atoms. The lowest BCUT2D eigenvalue weighted by Gasteiger charge is -2.29. The molecule has 27 heavy (non-hydrogen) atoms. The number of carbonyl (C=O) groups is 1. The SMILES string of the molecule is COC(Oc1ccccc1)(Oc1ccc(Cl)cc1)C(=O)Oc1ccccc1. The topological polar surface area (TPSA) is 54.0 Å². The number of rotatable bonds is 7. The molecular weight excluding hydrogens is 368 g/mol. The van der Waals surface area contributed by atoms with Crippen LogP contribution in [0.3, 0.4) is 0 Å². The van der Waals surface area contributed by atoms with Crippen LogP contribution in [0, 0.1) is 0 Å². The second-order valence-corrected chi connectivity index (χ2v) is 5.87. The monoisotopic (exact) mass is 384 g/mol. The minimum atomic E-state index is -2.15. The van der Waals surface area contributed by atoms with E-state index in [1.165, 1.54) is 7.11 Å². The van der Waals surface area contributed by atoms with Crippen LogP contribution in [0.5, 0.6) is 17.2 Å². The second kappa shape index (κ2) is 8.58. The van der Waals surface area contributed by atoms with Crippen molar-refractivity contribution >= 4 is 17.6 Å². The normalized spacial score (nSPS) is 12.7. The summed E-state index contributed by atoms with van der Waals surface area (Å²) < 4.78 is 22.3. The highest BCUT2D eigenvalue weighted by molar-refractivity contribution is 6.30. The van der Waals surface area contributed by atoms with Crippen molar-refractivity contribution in [1.29, 1.82) is 0 Å². The van der Waals surface area contributed by atoms with Crippen molar-refractivity contribution in [3.63, 3.8) is 0 Å². The maximum atomic E-state index is 12.9. The van der Waals surface area contributed by atoms with Crippen LogP contribution in [0.15, 0.2) is 84.9 Å². The number of benzene rings is 3. The predicted octanol–water partition coefficient (Wildman–Crippen LogP) is 4.70. The summed E-state index contributed by atoms with van der Waals surface area (Å²) in [5.41, 5.74) is 0. The van der Waals surface area contributed by atoms with Gasteiger partial charge in [-0.1, -0.05) is 48.0 Å². The summed E-state index contributed by atoms with van der Waals surface area (Å²) in [5, 5.41) is 0.529. The van der Waals surface area contributed by atoms with E-state index in [-0.39, 0.29) is 0 Å². The number of carbonyl (C=O) groups excluding carboxylic acids is 1. The van der Waals surface area contributed by atoms with Gasteiger partial charge in [0.25, 0.3) is 0 Å². The van der Waals surface area contributed by atoms with E-state index in [0.29, 0.717) is 22.3 Å². The van der Waals surface area contributed by atoms with Crippen LogP contribution in [0.1, 0.15) is 0 Å². The fourth-order valence-corrected chi connectivity index (χ4v) is 2.36. The van der Waals surface area contributed by atoms with E-state index in [1.807, 2.05) is 12.1 Å². The van der Waals surface area contributed by atoms with Crippen LogP contribution in [-0.2, 0) is 9.53 Å². The highest BCUT2D eigenvalue weighted by Crippen LogP contribution is 2.27. The molecule has 0 heterocycles. The van der Waals surface area contributed by atoms with Gasteiger partial charge in [-0.3, -0.25) is 0 Å². The first-order valence-electron chi connectivity index (χ1n) is 8.12. The molecule has 1 unspecified atom stereocenters. The quantitative estimate of drug-likeness (QED) is 0.335. The Morgan fingerprint density at radius 2 is 1.22 bits per heavy atom. The number of hydrogen-bond acceptors (Lipinski definition) is 5. The molecule has 138 valence electrons. The molecule has 1 atom stereocenters. The Morgan fingerprint density at radius 3 is 1.74 bits per heavy atom. The van der Waals surface area contributed by atoms with Gasteiger partial charge in [-0.2, -0.15) is 0 Å². The molecule has 3 aromatic carbocycles. The molecule has 0 fully saturated rings. The van der Waals surface area contributed by atoms with Gasteiger partial charge in [-0.05, 0) is 48.5 Å². The molecule has 0 aliphatic carbocycles. The summed E-state index contributed by atoms with van der Waals surface area (Å²) in [7, 11) is 1.30. The summed E-state index contributed by atoms with van der Waals surface area (Å²) in [4.78, 5) is 12.9. The molecule has 0 N–H and O–H groups in total. The molecule has 0 aromatic heterocycles. The molecule has 0 saturated heterocycles. The summed E-state index contributed by atoms with van der Waals surface area (Å²) >= 11 is 5.91. The van der Waals surface area contributed by atoms with Crippen molar-refractivity contribution in [1.82, 2.24) is 0 Å². The number of esters is 1. The van der Waals surface area contributed by atoms with Crippen LogP contribution in [-0.4, -0.2) is 19.1 Å². The average molecular weight is 385 g/mol. The molecule has 5 nitrogen and oxygen atoms in total. The second-order valence-electron chi connectivity index (χ2n) is 5.43. The van der Waals surface area contributed by atoms with Crippen molar-refractivity contribution in [2.75, 3.05) is 7.11 Å². The van der Waals surface area contributed by atoms with Crippen molar-refractivity contribution in [3.8, 4) is 17.2 Å². The first kappa shape index (κ1) is 18.8. The van der Waals surface area contributed by atoms with Crippen LogP contribution in [0.2, 0.25) is 5.02 Å². The lowest BCUT2D eigenvalue weighted by molar-refractivity contribution is -0.280. The maximum Gasteiger partial charge on any atom is 0.477 e. The Labute approximate surface area is 162 Å². The smallest absolute Gasteiger partial charge is 0.421 e. The number of halogens is 1. The van der Waals surface area contributed by atoms with E-state index in [9.17, 15) is 4.79 Å². The third-order valence-electron chi connectivity index (χ3n) is 3.53. The molecule has 0 amide bonds. The van der Waals surface area contributed by atoms with E-state index in [1.54, 1.807) is 72.8 Å². The molecule has 0 saturated carbocycles. The van der Waals surface area contributed by atoms with Gasteiger partial charge in [0.2, 0.25) is 0 Å². The summed E-state index contributed by atoms with van der Waals surface area (Å²) in [5.74, 6) is -1.99. The Kier molecular flexibility index (Phi) is 5.96. The van der Waals surface area contributed by atoms with Crippen molar-refractivity contribution < 1.29 is 23.7 Å². The Bertz CT molecular complexity index is 868. The Balaban J connectivity index is 1.92. The first-order valence-corrected chi connectivity index (χ1v) is 8.50. The molecule has 3 rings (SSSR count). The molecule has 3 aromatic rings. The molecule has 0 radical (unpaired) electrons. The van der Waals surface area contributed by atoms with Gasteiger partial charge in [0, 0.05) is 12.1 Å². The fraction of sp³-hybridized carbons (Fsp3) is 0.0952. The minimum Gasteiger partial charge on any atom is -0.421 e. The van der Waals surface area contributed by atoms with Gasteiger partial charge in [0.1, 0.15) is 17.2 Å². The molecule has 0 spiro atoms. The third kappa shape index (κ3) is 4.78. The Morgan fingerprint density at radius 1 is 0.741 bits per heavy atom. The zero-order chi connectivity index (χ0) is 19.1. The maximum absolute atomic E-state index is 12.9. The van der Waals surface area contributed by atoms with Gasteiger partial charge < -0.3 is 18.9 Å². The summed E-state index contributed by atoms with van der Waals surface area (Å²) in [6, 6.07) is 23.7. The summed E-state index contributed by atoms with van der Waals surface area (Å²) in [6.07, 6.45) is 0. The zero-order valence-electron chi connectivity index (χ0n) is 14.5. The van der Waals surface area contributed by atoms with E-state index in [2.05, 4.69) is 0 Å². The van der Waals surface area contributed by atoms with E-state index < -0.39 is 11.9 Å². The largest absolute Gasteiger partial charge is 0.477 e. The van der Waals surface area contributed by atoms with Crippen molar-refractivity contribution in [2.45, 2.75) is 5.97 Å². The van der Waals surface area contributed by atoms with Crippen molar-refractivity contribution in [3.05, 3.63) is 90.0 Å². The number of ether oxygens (including phenoxy) is 4. The van der Waals surface area contributed by atoms with E-state index in [0.717, 1.165) is 0 Å². The van der Waals surface area contributed by atoms with Gasteiger partial charge in [-0.25, -0.2) is 4.79 Å². The van der Waals surface area contributed by atoms with Crippen LogP contribution >= 0.6 is 11.6 Å². The predicted molar refractivity (Wildman–Crippen MR) is 101 cm³/mol. The third-order valence-corrected chi connectivity index (χ3v) is 3.79. The first-order chi connectivity index (χ1) is 13.1. The fourth-order valence-electron chi connectivity index (χ4n) is 2.23. The van der Waals surface area contributed by atoms with Crippen LogP contribution in [0.4, 0.5) is 0 Å². The lowest BCUT2D eigenvalue weighted by Crippen LogP contribution is -2.54. The molecule has 0 aliphatic rings. The molecule has 0 aliphatic heterocycles. The van der Waals surface area contributed by atoms with Crippen LogP contribution < -0.4 is 14.2 Å².